The number of furan rings is 1. The maximum atomic E-state index is 12.2. The van der Waals surface area contributed by atoms with Gasteiger partial charge in [0.1, 0.15) is 12.4 Å². The van der Waals surface area contributed by atoms with E-state index in [1.54, 1.807) is 31.2 Å². The third-order valence-corrected chi connectivity index (χ3v) is 2.77. The zero-order valence-corrected chi connectivity index (χ0v) is 11.1. The highest BCUT2D eigenvalue weighted by molar-refractivity contribution is 5.91. The van der Waals surface area contributed by atoms with Crippen LogP contribution in [0.5, 0.6) is 0 Å². The Morgan fingerprint density at radius 3 is 2.63 bits per heavy atom. The normalized spacial score (nSPS) is 10.4. The van der Waals surface area contributed by atoms with Gasteiger partial charge in [0.25, 0.3) is 5.91 Å². The number of benzene rings is 1. The molecule has 0 bridgehead atoms. The van der Waals surface area contributed by atoms with E-state index in [0.717, 1.165) is 5.56 Å². The first-order chi connectivity index (χ1) is 9.20. The van der Waals surface area contributed by atoms with Crippen molar-refractivity contribution in [2.24, 2.45) is 0 Å². The highest BCUT2D eigenvalue weighted by atomic mass is 16.5. The van der Waals surface area contributed by atoms with Gasteiger partial charge < -0.3 is 14.1 Å². The molecule has 2 rings (SSSR count). The molecule has 0 radical (unpaired) electrons. The van der Waals surface area contributed by atoms with Crippen LogP contribution >= 0.6 is 0 Å². The fourth-order valence-electron chi connectivity index (χ4n) is 1.83. The molecule has 0 fully saturated rings. The molecule has 0 aliphatic carbocycles. The summed E-state index contributed by atoms with van der Waals surface area (Å²) in [5, 5.41) is 0. The minimum atomic E-state index is -0.133. The summed E-state index contributed by atoms with van der Waals surface area (Å²) in [6, 6.07) is 13.3. The molecule has 1 aromatic heterocycles. The lowest BCUT2D eigenvalue weighted by Gasteiger charge is -2.15. The van der Waals surface area contributed by atoms with E-state index in [2.05, 4.69) is 0 Å². The van der Waals surface area contributed by atoms with Crippen molar-refractivity contribution in [1.82, 2.24) is 4.90 Å². The molecule has 4 nitrogen and oxygen atoms in total. The fraction of sp³-hybridized carbons (Fsp3) is 0.267. The van der Waals surface area contributed by atoms with Crippen molar-refractivity contribution in [2.75, 3.05) is 14.2 Å². The second kappa shape index (κ2) is 6.20. The van der Waals surface area contributed by atoms with Gasteiger partial charge in [-0.05, 0) is 17.7 Å². The topological polar surface area (TPSA) is 42.7 Å². The van der Waals surface area contributed by atoms with Gasteiger partial charge in [0.05, 0.1) is 0 Å². The lowest BCUT2D eigenvalue weighted by atomic mass is 10.2. The third-order valence-electron chi connectivity index (χ3n) is 2.77. The van der Waals surface area contributed by atoms with E-state index < -0.39 is 0 Å². The van der Waals surface area contributed by atoms with E-state index in [-0.39, 0.29) is 5.91 Å². The molecule has 0 aliphatic heterocycles. The molecule has 100 valence electrons. The first-order valence-electron chi connectivity index (χ1n) is 6.07. The molecule has 0 atom stereocenters. The van der Waals surface area contributed by atoms with Crippen molar-refractivity contribution < 1.29 is 13.9 Å². The van der Waals surface area contributed by atoms with Crippen LogP contribution in [0.4, 0.5) is 0 Å². The molecule has 4 heteroatoms. The number of methoxy groups -OCH3 is 1. The number of nitrogens with zero attached hydrogens (tertiary/aromatic N) is 1. The van der Waals surface area contributed by atoms with Crippen LogP contribution in [0, 0.1) is 0 Å². The van der Waals surface area contributed by atoms with Crippen LogP contribution in [0.3, 0.4) is 0 Å². The lowest BCUT2D eigenvalue weighted by Crippen LogP contribution is -2.25. The van der Waals surface area contributed by atoms with Crippen LogP contribution in [-0.4, -0.2) is 25.0 Å². The van der Waals surface area contributed by atoms with Crippen molar-refractivity contribution in [3.8, 4) is 0 Å². The fourth-order valence-corrected chi connectivity index (χ4v) is 1.83. The van der Waals surface area contributed by atoms with Gasteiger partial charge in [-0.15, -0.1) is 0 Å². The monoisotopic (exact) mass is 259 g/mol. The molecular formula is C15H17NO3. The average molecular weight is 259 g/mol. The Morgan fingerprint density at radius 2 is 1.95 bits per heavy atom. The van der Waals surface area contributed by atoms with Crippen molar-refractivity contribution in [3.05, 3.63) is 59.5 Å². The van der Waals surface area contributed by atoms with Gasteiger partial charge in [-0.1, -0.05) is 30.3 Å². The third kappa shape index (κ3) is 3.45. The van der Waals surface area contributed by atoms with Crippen LogP contribution < -0.4 is 0 Å². The van der Waals surface area contributed by atoms with Crippen LogP contribution in [0.1, 0.15) is 21.9 Å². The van der Waals surface area contributed by atoms with E-state index in [4.69, 9.17) is 9.15 Å². The minimum Gasteiger partial charge on any atom is -0.453 e. The second-order valence-electron chi connectivity index (χ2n) is 4.35. The molecule has 0 saturated heterocycles. The van der Waals surface area contributed by atoms with Crippen molar-refractivity contribution in [1.29, 1.82) is 0 Å². The smallest absolute Gasteiger partial charge is 0.289 e. The molecule has 0 saturated carbocycles. The summed E-state index contributed by atoms with van der Waals surface area (Å²) in [5.74, 6) is 0.857. The predicted octanol–water partition coefficient (Wildman–Crippen LogP) is 2.70. The molecule has 0 spiro atoms. The Morgan fingerprint density at radius 1 is 1.21 bits per heavy atom. The number of carbonyl (C=O) groups is 1. The highest BCUT2D eigenvalue weighted by Gasteiger charge is 2.16. The number of carbonyl (C=O) groups excluding carboxylic acids is 1. The first-order valence-corrected chi connectivity index (χ1v) is 6.07. The van der Waals surface area contributed by atoms with Crippen LogP contribution in [-0.2, 0) is 17.9 Å². The summed E-state index contributed by atoms with van der Waals surface area (Å²) in [5.41, 5.74) is 1.09. The maximum absolute atomic E-state index is 12.2. The average Bonchev–Trinajstić information content (AvgIpc) is 2.88. The highest BCUT2D eigenvalue weighted by Crippen LogP contribution is 2.12. The first kappa shape index (κ1) is 13.4. The van der Waals surface area contributed by atoms with Crippen molar-refractivity contribution in [2.45, 2.75) is 13.2 Å². The largest absolute Gasteiger partial charge is 0.453 e. The quantitative estimate of drug-likeness (QED) is 0.829. The zero-order chi connectivity index (χ0) is 13.7. The van der Waals surface area contributed by atoms with Gasteiger partial charge in [-0.3, -0.25) is 4.79 Å². The summed E-state index contributed by atoms with van der Waals surface area (Å²) in [6.07, 6.45) is 0. The minimum absolute atomic E-state index is 0.133. The molecule has 19 heavy (non-hydrogen) atoms. The van der Waals surface area contributed by atoms with Gasteiger partial charge in [-0.25, -0.2) is 0 Å². The Kier molecular flexibility index (Phi) is 4.36. The summed E-state index contributed by atoms with van der Waals surface area (Å²) in [7, 11) is 3.35. The summed E-state index contributed by atoms with van der Waals surface area (Å²) < 4.78 is 10.4. The number of hydrogen-bond acceptors (Lipinski definition) is 3. The predicted molar refractivity (Wildman–Crippen MR) is 71.7 cm³/mol. The van der Waals surface area contributed by atoms with E-state index in [9.17, 15) is 4.79 Å². The number of amides is 1. The zero-order valence-electron chi connectivity index (χ0n) is 11.1. The standard InChI is InChI=1S/C15H17NO3/c1-16(10-12-6-4-3-5-7-12)15(17)14-9-8-13(19-14)11-18-2/h3-9H,10-11H2,1-2H3. The Balaban J connectivity index is 2.02. The number of ether oxygens (including phenoxy) is 1. The van der Waals surface area contributed by atoms with Crippen LogP contribution in [0.15, 0.2) is 46.9 Å². The summed E-state index contributed by atoms with van der Waals surface area (Å²) in [4.78, 5) is 13.8. The van der Waals surface area contributed by atoms with Gasteiger partial charge >= 0.3 is 0 Å². The van der Waals surface area contributed by atoms with Gasteiger partial charge in [0, 0.05) is 20.7 Å². The summed E-state index contributed by atoms with van der Waals surface area (Å²) in [6.45, 7) is 0.926. The second-order valence-corrected chi connectivity index (χ2v) is 4.35. The van der Waals surface area contributed by atoms with E-state index >= 15 is 0 Å². The lowest BCUT2D eigenvalue weighted by molar-refractivity contribution is 0.0745. The SMILES string of the molecule is COCc1ccc(C(=O)N(C)Cc2ccccc2)o1. The Hall–Kier alpha value is -2.07. The Bertz CT molecular complexity index is 533. The van der Waals surface area contributed by atoms with Crippen LogP contribution in [0.25, 0.3) is 0 Å². The van der Waals surface area contributed by atoms with Crippen molar-refractivity contribution >= 4 is 5.91 Å². The van der Waals surface area contributed by atoms with Crippen LogP contribution in [0.2, 0.25) is 0 Å². The van der Waals surface area contributed by atoms with E-state index in [0.29, 0.717) is 24.7 Å². The van der Waals surface area contributed by atoms with Gasteiger partial charge in [-0.2, -0.15) is 0 Å². The Labute approximate surface area is 112 Å². The number of rotatable bonds is 5. The van der Waals surface area contributed by atoms with Gasteiger partial charge in [0.2, 0.25) is 0 Å². The number of hydrogen-bond donors (Lipinski definition) is 0. The van der Waals surface area contributed by atoms with E-state index in [1.165, 1.54) is 0 Å². The van der Waals surface area contributed by atoms with Gasteiger partial charge in [0.15, 0.2) is 5.76 Å². The molecule has 1 heterocycles. The molecule has 0 unspecified atom stereocenters. The maximum Gasteiger partial charge on any atom is 0.289 e. The molecule has 0 N–H and O–H groups in total. The molecule has 0 aliphatic rings. The molecular weight excluding hydrogens is 242 g/mol. The van der Waals surface area contributed by atoms with E-state index in [1.807, 2.05) is 30.3 Å². The summed E-state index contributed by atoms with van der Waals surface area (Å²) >= 11 is 0. The molecule has 1 amide bonds. The van der Waals surface area contributed by atoms with Crippen molar-refractivity contribution in [3.63, 3.8) is 0 Å². The molecule has 2 aromatic rings. The molecule has 1 aromatic carbocycles.